The van der Waals surface area contributed by atoms with Gasteiger partial charge in [-0.05, 0) is 48.1 Å². The average Bonchev–Trinajstić information content (AvgIpc) is 3.44. The lowest BCUT2D eigenvalue weighted by atomic mass is 10.0. The molecule has 0 bridgehead atoms. The van der Waals surface area contributed by atoms with Crippen LogP contribution in [0.25, 0.3) is 0 Å². The lowest BCUT2D eigenvalue weighted by molar-refractivity contribution is -0.141. The number of benzene rings is 3. The molecule has 0 radical (unpaired) electrons. The fraction of sp³-hybridized carbons (Fsp3) is 0.333. The number of hydrogen-bond acceptors (Lipinski definition) is 3. The molecule has 0 aromatic heterocycles. The van der Waals surface area contributed by atoms with Crippen LogP contribution in [0.4, 0.5) is 0 Å². The second kappa shape index (κ2) is 13.2. The highest BCUT2D eigenvalue weighted by atomic mass is 35.5. The quantitative estimate of drug-likeness (QED) is 0.390. The highest BCUT2D eigenvalue weighted by Crippen LogP contribution is 2.19. The van der Waals surface area contributed by atoms with Gasteiger partial charge in [-0.2, -0.15) is 0 Å². The number of carbonyl (C=O) groups excluding carboxylic acids is 2. The summed E-state index contributed by atoms with van der Waals surface area (Å²) in [5.74, 6) is -0.210. The van der Waals surface area contributed by atoms with Crippen LogP contribution < -0.4 is 5.32 Å². The second-order valence-corrected chi connectivity index (χ2v) is 9.66. The summed E-state index contributed by atoms with van der Waals surface area (Å²) in [6, 6.07) is 26.6. The van der Waals surface area contributed by atoms with E-state index < -0.39 is 6.04 Å². The summed E-state index contributed by atoms with van der Waals surface area (Å²) in [6.45, 7) is 1.52. The molecule has 1 aliphatic rings. The van der Waals surface area contributed by atoms with Crippen LogP contribution >= 0.6 is 11.6 Å². The number of rotatable bonds is 11. The topological polar surface area (TPSA) is 58.6 Å². The molecule has 3 aromatic rings. The summed E-state index contributed by atoms with van der Waals surface area (Å²) in [5, 5.41) is 3.71. The fourth-order valence-electron chi connectivity index (χ4n) is 4.52. The Balaban J connectivity index is 1.57. The maximum absolute atomic E-state index is 13.7. The van der Waals surface area contributed by atoms with Crippen LogP contribution in [0.5, 0.6) is 0 Å². The van der Waals surface area contributed by atoms with Crippen molar-refractivity contribution in [3.8, 4) is 0 Å². The normalized spacial score (nSPS) is 15.9. The molecular weight excluding hydrogens is 472 g/mol. The summed E-state index contributed by atoms with van der Waals surface area (Å²) >= 11 is 6.10. The Hall–Kier alpha value is -3.15. The lowest BCUT2D eigenvalue weighted by Gasteiger charge is -2.32. The van der Waals surface area contributed by atoms with Crippen LogP contribution in [0.15, 0.2) is 84.9 Å². The molecule has 3 aromatic carbocycles. The fourth-order valence-corrected chi connectivity index (χ4v) is 4.64. The van der Waals surface area contributed by atoms with Crippen molar-refractivity contribution in [2.24, 2.45) is 0 Å². The number of ether oxygens (including phenoxy) is 1. The summed E-state index contributed by atoms with van der Waals surface area (Å²) < 4.78 is 5.70. The number of carbonyl (C=O) groups is 2. The van der Waals surface area contributed by atoms with Gasteiger partial charge in [-0.15, -0.1) is 0 Å². The Labute approximate surface area is 218 Å². The molecule has 1 aliphatic heterocycles. The van der Waals surface area contributed by atoms with Gasteiger partial charge in [0, 0.05) is 37.6 Å². The highest BCUT2D eigenvalue weighted by Gasteiger charge is 2.31. The first-order chi connectivity index (χ1) is 17.6. The SMILES string of the molecule is O=C(NCC1CCCO1)C(Cc1ccccc1)N(Cc1ccc(Cl)cc1)C(=O)CCc1ccccc1. The van der Waals surface area contributed by atoms with Crippen molar-refractivity contribution >= 4 is 23.4 Å². The van der Waals surface area contributed by atoms with Gasteiger partial charge in [0.1, 0.15) is 6.04 Å². The Morgan fingerprint density at radius 1 is 0.917 bits per heavy atom. The summed E-state index contributed by atoms with van der Waals surface area (Å²) in [7, 11) is 0. The minimum Gasteiger partial charge on any atom is -0.376 e. The predicted molar refractivity (Wildman–Crippen MR) is 143 cm³/mol. The van der Waals surface area contributed by atoms with Crippen molar-refractivity contribution in [2.45, 2.75) is 50.8 Å². The average molecular weight is 505 g/mol. The van der Waals surface area contributed by atoms with Crippen LogP contribution in [-0.4, -0.2) is 42.0 Å². The molecule has 0 saturated carbocycles. The Morgan fingerprint density at radius 3 is 2.22 bits per heavy atom. The summed E-state index contributed by atoms with van der Waals surface area (Å²) in [4.78, 5) is 29.0. The van der Waals surface area contributed by atoms with Crippen LogP contribution in [0.1, 0.15) is 36.0 Å². The minimum absolute atomic E-state index is 0.0322. The number of nitrogens with one attached hydrogen (secondary N) is 1. The zero-order valence-electron chi connectivity index (χ0n) is 20.4. The third-order valence-corrected chi connectivity index (χ3v) is 6.79. The molecule has 1 N–H and O–H groups in total. The number of hydrogen-bond donors (Lipinski definition) is 1. The zero-order chi connectivity index (χ0) is 25.2. The molecule has 0 spiro atoms. The third kappa shape index (κ3) is 7.67. The maximum Gasteiger partial charge on any atom is 0.243 e. The minimum atomic E-state index is -0.646. The zero-order valence-corrected chi connectivity index (χ0v) is 21.2. The lowest BCUT2D eigenvalue weighted by Crippen LogP contribution is -2.51. The van der Waals surface area contributed by atoms with E-state index in [-0.39, 0.29) is 17.9 Å². The molecule has 1 fully saturated rings. The molecule has 36 heavy (non-hydrogen) atoms. The molecule has 5 nitrogen and oxygen atoms in total. The van der Waals surface area contributed by atoms with Crippen molar-refractivity contribution in [2.75, 3.05) is 13.2 Å². The molecule has 2 unspecified atom stereocenters. The first kappa shape index (κ1) is 25.9. The molecule has 188 valence electrons. The Bertz CT molecular complexity index is 1100. The number of nitrogens with zero attached hydrogens (tertiary/aromatic N) is 1. The summed E-state index contributed by atoms with van der Waals surface area (Å²) in [5.41, 5.74) is 3.03. The van der Waals surface area contributed by atoms with E-state index in [1.807, 2.05) is 84.9 Å². The molecule has 1 saturated heterocycles. The van der Waals surface area contributed by atoms with Gasteiger partial charge in [0.05, 0.1) is 6.10 Å². The van der Waals surface area contributed by atoms with Gasteiger partial charge in [0.2, 0.25) is 11.8 Å². The van der Waals surface area contributed by atoms with Gasteiger partial charge in [-0.3, -0.25) is 9.59 Å². The Kier molecular flexibility index (Phi) is 9.54. The van der Waals surface area contributed by atoms with E-state index in [1.54, 1.807) is 4.90 Å². The monoisotopic (exact) mass is 504 g/mol. The van der Waals surface area contributed by atoms with Gasteiger partial charge in [0.25, 0.3) is 0 Å². The number of aryl methyl sites for hydroxylation is 1. The van der Waals surface area contributed by atoms with Gasteiger partial charge >= 0.3 is 0 Å². The van der Waals surface area contributed by atoms with Gasteiger partial charge in [-0.1, -0.05) is 84.4 Å². The highest BCUT2D eigenvalue weighted by molar-refractivity contribution is 6.30. The second-order valence-electron chi connectivity index (χ2n) is 9.22. The molecule has 6 heteroatoms. The van der Waals surface area contributed by atoms with E-state index in [0.717, 1.165) is 36.1 Å². The van der Waals surface area contributed by atoms with Crippen molar-refractivity contribution in [3.63, 3.8) is 0 Å². The van der Waals surface area contributed by atoms with Crippen molar-refractivity contribution < 1.29 is 14.3 Å². The van der Waals surface area contributed by atoms with Crippen molar-refractivity contribution in [1.29, 1.82) is 0 Å². The van der Waals surface area contributed by atoms with Crippen LogP contribution in [0.3, 0.4) is 0 Å². The van der Waals surface area contributed by atoms with Crippen LogP contribution in [0.2, 0.25) is 5.02 Å². The first-order valence-corrected chi connectivity index (χ1v) is 13.0. The molecule has 0 aliphatic carbocycles. The predicted octanol–water partition coefficient (Wildman–Crippen LogP) is 5.21. The van der Waals surface area contributed by atoms with E-state index >= 15 is 0 Å². The first-order valence-electron chi connectivity index (χ1n) is 12.6. The summed E-state index contributed by atoms with van der Waals surface area (Å²) in [6.07, 6.45) is 3.35. The molecule has 2 atom stereocenters. The molecule has 2 amide bonds. The molecule has 4 rings (SSSR count). The van der Waals surface area contributed by atoms with E-state index in [2.05, 4.69) is 5.32 Å². The van der Waals surface area contributed by atoms with E-state index in [9.17, 15) is 9.59 Å². The third-order valence-electron chi connectivity index (χ3n) is 6.54. The Morgan fingerprint density at radius 2 is 1.58 bits per heavy atom. The van der Waals surface area contributed by atoms with Crippen molar-refractivity contribution in [1.82, 2.24) is 10.2 Å². The smallest absolute Gasteiger partial charge is 0.243 e. The van der Waals surface area contributed by atoms with Crippen molar-refractivity contribution in [3.05, 3.63) is 107 Å². The number of halogens is 1. The van der Waals surface area contributed by atoms with E-state index in [0.29, 0.717) is 37.4 Å². The van der Waals surface area contributed by atoms with E-state index in [4.69, 9.17) is 16.3 Å². The van der Waals surface area contributed by atoms with E-state index in [1.165, 1.54) is 0 Å². The van der Waals surface area contributed by atoms with Gasteiger partial charge in [-0.25, -0.2) is 0 Å². The standard InChI is InChI=1S/C30H33ClN2O3/c31-26-16-13-25(14-17-26)22-33(29(34)18-15-23-8-3-1-4-9-23)28(20-24-10-5-2-6-11-24)30(35)32-21-27-12-7-19-36-27/h1-6,8-11,13-14,16-17,27-28H,7,12,15,18-22H2,(H,32,35). The van der Waals surface area contributed by atoms with Gasteiger partial charge < -0.3 is 15.0 Å². The molecule has 1 heterocycles. The molecular formula is C30H33ClN2O3. The largest absolute Gasteiger partial charge is 0.376 e. The van der Waals surface area contributed by atoms with Crippen LogP contribution in [0, 0.1) is 0 Å². The number of amides is 2. The maximum atomic E-state index is 13.7. The van der Waals surface area contributed by atoms with Gasteiger partial charge in [0.15, 0.2) is 0 Å². The van der Waals surface area contributed by atoms with Crippen LogP contribution in [-0.2, 0) is 33.7 Å².